The fourth-order valence-corrected chi connectivity index (χ4v) is 2.83. The predicted molar refractivity (Wildman–Crippen MR) is 116 cm³/mol. The van der Waals surface area contributed by atoms with E-state index in [1.807, 2.05) is 24.4 Å². The average molecular weight is 474 g/mol. The monoisotopic (exact) mass is 474 g/mol. The number of aliphatic imine (C=N–C) groups is 1. The quantitative estimate of drug-likeness (QED) is 0.344. The summed E-state index contributed by atoms with van der Waals surface area (Å²) in [6.07, 6.45) is 2.90. The highest BCUT2D eigenvalue weighted by Gasteiger charge is 2.02. The molecule has 0 unspecified atom stereocenters. The Hall–Kier alpha value is -1.35. The zero-order valence-corrected chi connectivity index (χ0v) is 18.2. The number of hydrogen-bond acceptors (Lipinski definition) is 4. The number of nitrogens with zero attached hydrogens (tertiary/aromatic N) is 2. The third-order valence-electron chi connectivity index (χ3n) is 3.21. The summed E-state index contributed by atoms with van der Waals surface area (Å²) in [6, 6.07) is 8.11. The standard InChI is InChI=1S/C18H26N4OS.HI/c1-4-9-23-16-8-6-7-15(10-16)12-21-18(19-5-2)22-13-17-20-11-14(3)24-17;/h6-8,10-11H,4-5,9,12-13H2,1-3H3,(H2,19,21,22);1H. The van der Waals surface area contributed by atoms with Crippen molar-refractivity contribution in [2.75, 3.05) is 13.2 Å². The molecule has 0 radical (unpaired) electrons. The van der Waals surface area contributed by atoms with Gasteiger partial charge >= 0.3 is 0 Å². The SMILES string of the molecule is CCCOc1cccc(CN=C(NCC)NCc2ncc(C)s2)c1.I. The maximum atomic E-state index is 5.67. The maximum Gasteiger partial charge on any atom is 0.191 e. The summed E-state index contributed by atoms with van der Waals surface area (Å²) >= 11 is 1.70. The van der Waals surface area contributed by atoms with Gasteiger partial charge in [0.2, 0.25) is 0 Å². The van der Waals surface area contributed by atoms with Crippen molar-refractivity contribution < 1.29 is 4.74 Å². The van der Waals surface area contributed by atoms with Gasteiger partial charge in [-0.15, -0.1) is 35.3 Å². The van der Waals surface area contributed by atoms with E-state index in [0.29, 0.717) is 13.1 Å². The highest BCUT2D eigenvalue weighted by atomic mass is 127. The summed E-state index contributed by atoms with van der Waals surface area (Å²) in [5.74, 6) is 1.70. The molecule has 25 heavy (non-hydrogen) atoms. The van der Waals surface area contributed by atoms with E-state index in [0.717, 1.165) is 41.9 Å². The van der Waals surface area contributed by atoms with Crippen LogP contribution in [0.5, 0.6) is 5.75 Å². The van der Waals surface area contributed by atoms with Crippen LogP contribution in [0, 0.1) is 6.92 Å². The van der Waals surface area contributed by atoms with Gasteiger partial charge in [-0.1, -0.05) is 19.1 Å². The summed E-state index contributed by atoms with van der Waals surface area (Å²) in [6.45, 7) is 9.08. The molecule has 2 rings (SSSR count). The molecule has 0 amide bonds. The van der Waals surface area contributed by atoms with Gasteiger partial charge in [0, 0.05) is 17.6 Å². The second kappa shape index (κ2) is 12.1. The number of guanidine groups is 1. The number of rotatable bonds is 8. The van der Waals surface area contributed by atoms with E-state index in [1.165, 1.54) is 4.88 Å². The molecular weight excluding hydrogens is 447 g/mol. The number of aromatic nitrogens is 1. The topological polar surface area (TPSA) is 58.5 Å². The minimum absolute atomic E-state index is 0. The highest BCUT2D eigenvalue weighted by Crippen LogP contribution is 2.14. The van der Waals surface area contributed by atoms with Gasteiger partial charge in [0.25, 0.3) is 0 Å². The summed E-state index contributed by atoms with van der Waals surface area (Å²) < 4.78 is 5.67. The first kappa shape index (κ1) is 21.7. The minimum atomic E-state index is 0. The van der Waals surface area contributed by atoms with E-state index in [2.05, 4.69) is 47.4 Å². The van der Waals surface area contributed by atoms with E-state index in [1.54, 1.807) is 11.3 Å². The molecule has 0 atom stereocenters. The highest BCUT2D eigenvalue weighted by molar-refractivity contribution is 14.0. The van der Waals surface area contributed by atoms with Crippen LogP contribution >= 0.6 is 35.3 Å². The molecule has 0 aliphatic carbocycles. The molecule has 138 valence electrons. The largest absolute Gasteiger partial charge is 0.494 e. The third kappa shape index (κ3) is 8.04. The molecule has 0 spiro atoms. The van der Waals surface area contributed by atoms with Crippen LogP contribution in [0.2, 0.25) is 0 Å². The first-order chi connectivity index (χ1) is 11.7. The fraction of sp³-hybridized carbons (Fsp3) is 0.444. The van der Waals surface area contributed by atoms with Crippen molar-refractivity contribution in [1.82, 2.24) is 15.6 Å². The Balaban J connectivity index is 0.00000312. The molecule has 2 N–H and O–H groups in total. The van der Waals surface area contributed by atoms with Crippen LogP contribution in [-0.2, 0) is 13.1 Å². The van der Waals surface area contributed by atoms with Gasteiger partial charge in [-0.3, -0.25) is 0 Å². The normalized spacial score (nSPS) is 10.9. The van der Waals surface area contributed by atoms with Gasteiger partial charge in [0.15, 0.2) is 5.96 Å². The molecule has 0 bridgehead atoms. The molecule has 5 nitrogen and oxygen atoms in total. The number of benzene rings is 1. The first-order valence-electron chi connectivity index (χ1n) is 8.36. The second-order valence-electron chi connectivity index (χ2n) is 5.41. The fourth-order valence-electron chi connectivity index (χ4n) is 2.11. The molecule has 0 aliphatic heterocycles. The Morgan fingerprint density at radius 3 is 2.80 bits per heavy atom. The van der Waals surface area contributed by atoms with Gasteiger partial charge in [-0.05, 0) is 38.0 Å². The number of hydrogen-bond donors (Lipinski definition) is 2. The van der Waals surface area contributed by atoms with Crippen LogP contribution in [0.4, 0.5) is 0 Å². The number of halogens is 1. The molecule has 0 saturated heterocycles. The zero-order valence-electron chi connectivity index (χ0n) is 15.0. The van der Waals surface area contributed by atoms with Crippen LogP contribution in [0.15, 0.2) is 35.5 Å². The molecular formula is C18H27IN4OS. The number of aryl methyl sites for hydroxylation is 1. The Kier molecular flexibility index (Phi) is 10.5. The summed E-state index contributed by atoms with van der Waals surface area (Å²) in [5.41, 5.74) is 1.13. The maximum absolute atomic E-state index is 5.67. The molecule has 2 aromatic rings. The van der Waals surface area contributed by atoms with Gasteiger partial charge in [0.1, 0.15) is 10.8 Å². The van der Waals surface area contributed by atoms with Crippen molar-refractivity contribution in [3.8, 4) is 5.75 Å². The first-order valence-corrected chi connectivity index (χ1v) is 9.18. The second-order valence-corrected chi connectivity index (χ2v) is 6.73. The van der Waals surface area contributed by atoms with Crippen LogP contribution in [-0.4, -0.2) is 24.1 Å². The predicted octanol–water partition coefficient (Wildman–Crippen LogP) is 4.11. The summed E-state index contributed by atoms with van der Waals surface area (Å²) in [4.78, 5) is 10.2. The lowest BCUT2D eigenvalue weighted by molar-refractivity contribution is 0.317. The summed E-state index contributed by atoms with van der Waals surface area (Å²) in [7, 11) is 0. The molecule has 0 fully saturated rings. The van der Waals surface area contributed by atoms with E-state index in [-0.39, 0.29) is 24.0 Å². The third-order valence-corrected chi connectivity index (χ3v) is 4.12. The number of ether oxygens (including phenoxy) is 1. The smallest absolute Gasteiger partial charge is 0.191 e. The van der Waals surface area contributed by atoms with E-state index >= 15 is 0 Å². The lowest BCUT2D eigenvalue weighted by atomic mass is 10.2. The van der Waals surface area contributed by atoms with Crippen molar-refractivity contribution in [2.45, 2.75) is 40.3 Å². The lowest BCUT2D eigenvalue weighted by Crippen LogP contribution is -2.36. The van der Waals surface area contributed by atoms with E-state index in [4.69, 9.17) is 4.74 Å². The Labute approximate surface area is 171 Å². The molecule has 7 heteroatoms. The van der Waals surface area contributed by atoms with Crippen molar-refractivity contribution in [1.29, 1.82) is 0 Å². The van der Waals surface area contributed by atoms with Gasteiger partial charge in [0.05, 0.1) is 19.7 Å². The van der Waals surface area contributed by atoms with E-state index < -0.39 is 0 Å². The van der Waals surface area contributed by atoms with Crippen molar-refractivity contribution in [3.05, 3.63) is 45.9 Å². The summed E-state index contributed by atoms with van der Waals surface area (Å²) in [5, 5.41) is 7.65. The van der Waals surface area contributed by atoms with Crippen LogP contribution in [0.3, 0.4) is 0 Å². The van der Waals surface area contributed by atoms with Gasteiger partial charge in [-0.2, -0.15) is 0 Å². The number of nitrogens with one attached hydrogen (secondary N) is 2. The zero-order chi connectivity index (χ0) is 17.2. The van der Waals surface area contributed by atoms with Gasteiger partial charge in [-0.25, -0.2) is 9.98 Å². The average Bonchev–Trinajstić information content (AvgIpc) is 3.01. The minimum Gasteiger partial charge on any atom is -0.494 e. The lowest BCUT2D eigenvalue weighted by Gasteiger charge is -2.10. The van der Waals surface area contributed by atoms with Crippen LogP contribution in [0.1, 0.15) is 35.7 Å². The molecule has 1 heterocycles. The number of thiazole rings is 1. The molecule has 1 aromatic heterocycles. The molecule has 0 saturated carbocycles. The van der Waals surface area contributed by atoms with Crippen molar-refractivity contribution >= 4 is 41.3 Å². The van der Waals surface area contributed by atoms with Crippen LogP contribution < -0.4 is 15.4 Å². The Morgan fingerprint density at radius 2 is 2.12 bits per heavy atom. The van der Waals surface area contributed by atoms with E-state index in [9.17, 15) is 0 Å². The van der Waals surface area contributed by atoms with Gasteiger partial charge < -0.3 is 15.4 Å². The Bertz CT molecular complexity index is 660. The molecule has 1 aromatic carbocycles. The molecule has 0 aliphatic rings. The Morgan fingerprint density at radius 1 is 1.28 bits per heavy atom. The van der Waals surface area contributed by atoms with Crippen molar-refractivity contribution in [3.63, 3.8) is 0 Å². The van der Waals surface area contributed by atoms with Crippen LogP contribution in [0.25, 0.3) is 0 Å². The van der Waals surface area contributed by atoms with Crippen molar-refractivity contribution in [2.24, 2.45) is 4.99 Å².